The Bertz CT molecular complexity index is 451. The van der Waals surface area contributed by atoms with Crippen molar-refractivity contribution in [3.05, 3.63) is 24.5 Å². The van der Waals surface area contributed by atoms with Gasteiger partial charge in [0.2, 0.25) is 8.32 Å². The Morgan fingerprint density at radius 3 is 2.46 bits per heavy atom. The third kappa shape index (κ3) is 6.33. The van der Waals surface area contributed by atoms with Crippen LogP contribution in [0.25, 0.3) is 0 Å². The number of rotatable bonds is 8. The molecule has 1 rings (SSSR count). The molecule has 0 spiro atoms. The van der Waals surface area contributed by atoms with Crippen LogP contribution in [0.15, 0.2) is 24.5 Å². The van der Waals surface area contributed by atoms with Crippen LogP contribution in [0, 0.1) is 0 Å². The van der Waals surface area contributed by atoms with Crippen LogP contribution in [0.5, 0.6) is 0 Å². The molecule has 0 unspecified atom stereocenters. The van der Waals surface area contributed by atoms with Gasteiger partial charge in [-0.05, 0) is 44.1 Å². The predicted octanol–water partition coefficient (Wildman–Crippen LogP) is 4.22. The first-order valence-corrected chi connectivity index (χ1v) is 11.3. The molecule has 24 heavy (non-hydrogen) atoms. The molecule has 0 aromatic carbocycles. The van der Waals surface area contributed by atoms with E-state index in [1.54, 1.807) is 7.11 Å². The van der Waals surface area contributed by atoms with E-state index in [1.165, 1.54) is 0 Å². The minimum atomic E-state index is -1.89. The zero-order valence-corrected chi connectivity index (χ0v) is 17.5. The first kappa shape index (κ1) is 21.4. The van der Waals surface area contributed by atoms with Gasteiger partial charge in [0.05, 0.1) is 12.4 Å². The number of hydrogen-bond donors (Lipinski definition) is 0. The van der Waals surface area contributed by atoms with Gasteiger partial charge in [-0.1, -0.05) is 27.4 Å². The summed E-state index contributed by atoms with van der Waals surface area (Å²) in [5.41, 5.74) is 0. The van der Waals surface area contributed by atoms with Crippen LogP contribution in [0.2, 0.25) is 18.1 Å². The molecule has 1 aliphatic rings. The molecule has 0 saturated carbocycles. The topological polar surface area (TPSA) is 46.2 Å². The fourth-order valence-electron chi connectivity index (χ4n) is 2.03. The Morgan fingerprint density at radius 1 is 1.38 bits per heavy atom. The maximum absolute atomic E-state index is 6.16. The lowest BCUT2D eigenvalue weighted by Crippen LogP contribution is -2.40. The summed E-state index contributed by atoms with van der Waals surface area (Å²) in [5.74, 6) is 0.0488. The zero-order valence-electron chi connectivity index (χ0n) is 16.5. The van der Waals surface area contributed by atoms with E-state index >= 15 is 0 Å². The van der Waals surface area contributed by atoms with E-state index in [1.807, 2.05) is 26.0 Å². The summed E-state index contributed by atoms with van der Waals surface area (Å²) in [6, 6.07) is 0. The first-order chi connectivity index (χ1) is 10.9. The highest BCUT2D eigenvalue weighted by molar-refractivity contribution is 6.74. The lowest BCUT2D eigenvalue weighted by Gasteiger charge is -2.36. The quantitative estimate of drug-likeness (QED) is 0.281. The Kier molecular flexibility index (Phi) is 7.25. The van der Waals surface area contributed by atoms with Crippen molar-refractivity contribution in [2.24, 2.45) is 0 Å². The van der Waals surface area contributed by atoms with Gasteiger partial charge in [0, 0.05) is 7.11 Å². The molecule has 2 atom stereocenters. The van der Waals surface area contributed by atoms with E-state index in [0.717, 1.165) is 0 Å². The zero-order chi connectivity index (χ0) is 18.6. The molecule has 0 amide bonds. The Morgan fingerprint density at radius 2 is 2.00 bits per heavy atom. The highest BCUT2D eigenvalue weighted by Crippen LogP contribution is 2.37. The molecule has 1 heterocycles. The summed E-state index contributed by atoms with van der Waals surface area (Å²) in [7, 11) is -0.299. The molecule has 6 heteroatoms. The smallest absolute Gasteiger partial charge is 0.250 e. The second-order valence-corrected chi connectivity index (χ2v) is 12.8. The van der Waals surface area contributed by atoms with Gasteiger partial charge >= 0.3 is 0 Å². The molecular weight excluding hydrogens is 324 g/mol. The van der Waals surface area contributed by atoms with Crippen molar-refractivity contribution in [2.45, 2.75) is 70.7 Å². The SMILES string of the molecule is C=C(/C=C/[C@H](OCOC)[C@H]1COC(C)(C)O1)O[Si](C)(C)C(C)(C)C. The van der Waals surface area contributed by atoms with E-state index in [4.69, 9.17) is 23.4 Å². The first-order valence-electron chi connectivity index (χ1n) is 8.36. The van der Waals surface area contributed by atoms with E-state index in [-0.39, 0.29) is 24.0 Å². The van der Waals surface area contributed by atoms with Crippen LogP contribution in [-0.2, 0) is 23.4 Å². The second kappa shape index (κ2) is 8.14. The van der Waals surface area contributed by atoms with Crippen LogP contribution in [0.4, 0.5) is 0 Å². The van der Waals surface area contributed by atoms with Gasteiger partial charge in [0.1, 0.15) is 19.0 Å². The summed E-state index contributed by atoms with van der Waals surface area (Å²) in [6.07, 6.45) is 3.29. The third-order valence-electron chi connectivity index (χ3n) is 4.44. The van der Waals surface area contributed by atoms with Crippen molar-refractivity contribution >= 4 is 8.32 Å². The van der Waals surface area contributed by atoms with Gasteiger partial charge in [-0.25, -0.2) is 0 Å². The molecule has 0 aromatic rings. The van der Waals surface area contributed by atoms with Gasteiger partial charge < -0.3 is 23.4 Å². The van der Waals surface area contributed by atoms with Crippen molar-refractivity contribution in [1.82, 2.24) is 0 Å². The highest BCUT2D eigenvalue weighted by Gasteiger charge is 2.39. The van der Waals surface area contributed by atoms with Gasteiger partial charge in [-0.15, -0.1) is 0 Å². The lowest BCUT2D eigenvalue weighted by molar-refractivity contribution is -0.161. The molecule has 1 fully saturated rings. The van der Waals surface area contributed by atoms with Crippen molar-refractivity contribution in [3.63, 3.8) is 0 Å². The number of allylic oxidation sites excluding steroid dienone is 1. The van der Waals surface area contributed by atoms with Gasteiger partial charge in [0.15, 0.2) is 5.79 Å². The van der Waals surface area contributed by atoms with Crippen LogP contribution >= 0.6 is 0 Å². The van der Waals surface area contributed by atoms with E-state index in [2.05, 4.69) is 40.4 Å². The minimum absolute atomic E-state index is 0.127. The molecule has 140 valence electrons. The van der Waals surface area contributed by atoms with E-state index < -0.39 is 14.1 Å². The Balaban J connectivity index is 2.72. The normalized spacial score (nSPS) is 22.8. The van der Waals surface area contributed by atoms with E-state index in [9.17, 15) is 0 Å². The van der Waals surface area contributed by atoms with Crippen LogP contribution < -0.4 is 0 Å². The summed E-state index contributed by atoms with van der Waals surface area (Å²) >= 11 is 0. The van der Waals surface area contributed by atoms with Crippen molar-refractivity contribution in [3.8, 4) is 0 Å². The molecular formula is C18H34O5Si. The van der Waals surface area contributed by atoms with Crippen LogP contribution in [0.1, 0.15) is 34.6 Å². The molecule has 5 nitrogen and oxygen atoms in total. The summed E-state index contributed by atoms with van der Waals surface area (Å²) in [6.45, 7) is 19.5. The largest absolute Gasteiger partial charge is 0.544 e. The van der Waals surface area contributed by atoms with Gasteiger partial charge in [0.25, 0.3) is 0 Å². The van der Waals surface area contributed by atoms with Crippen molar-refractivity contribution in [2.75, 3.05) is 20.5 Å². The Hall–Kier alpha value is -0.663. The monoisotopic (exact) mass is 358 g/mol. The molecule has 0 aliphatic carbocycles. The van der Waals surface area contributed by atoms with Gasteiger partial charge in [-0.2, -0.15) is 0 Å². The average molecular weight is 359 g/mol. The highest BCUT2D eigenvalue weighted by atomic mass is 28.4. The van der Waals surface area contributed by atoms with Crippen LogP contribution in [0.3, 0.4) is 0 Å². The molecule has 0 aromatic heterocycles. The molecule has 1 saturated heterocycles. The standard InChI is InChI=1S/C18H34O5Si/c1-14(23-24(8,9)17(2,3)4)10-11-15(20-13-19-7)16-12-21-18(5,6)22-16/h10-11,15-16H,1,12-13H2,2-9H3/b11-10+/t15-,16+/m0/s1. The molecule has 0 radical (unpaired) electrons. The molecule has 0 N–H and O–H groups in total. The Labute approximate surface area is 148 Å². The summed E-state index contributed by atoms with van der Waals surface area (Å²) < 4.78 is 28.4. The predicted molar refractivity (Wildman–Crippen MR) is 98.2 cm³/mol. The maximum Gasteiger partial charge on any atom is 0.250 e. The number of ether oxygens (including phenoxy) is 4. The number of methoxy groups -OCH3 is 1. The fraction of sp³-hybridized carbons (Fsp3) is 0.778. The van der Waals surface area contributed by atoms with Crippen LogP contribution in [-0.4, -0.2) is 46.8 Å². The summed E-state index contributed by atoms with van der Waals surface area (Å²) in [4.78, 5) is 0. The molecule has 1 aliphatic heterocycles. The number of hydrogen-bond acceptors (Lipinski definition) is 5. The molecule has 0 bridgehead atoms. The van der Waals surface area contributed by atoms with Gasteiger partial charge in [-0.3, -0.25) is 0 Å². The van der Waals surface area contributed by atoms with E-state index in [0.29, 0.717) is 12.4 Å². The second-order valence-electron chi connectivity index (χ2n) is 8.09. The maximum atomic E-state index is 6.16. The van der Waals surface area contributed by atoms with Crippen molar-refractivity contribution < 1.29 is 23.4 Å². The van der Waals surface area contributed by atoms with Crippen molar-refractivity contribution in [1.29, 1.82) is 0 Å². The minimum Gasteiger partial charge on any atom is -0.544 e. The lowest BCUT2D eigenvalue weighted by atomic mass is 10.2. The third-order valence-corrected chi connectivity index (χ3v) is 8.82. The average Bonchev–Trinajstić information content (AvgIpc) is 2.77. The summed E-state index contributed by atoms with van der Waals surface area (Å²) in [5, 5.41) is 0.127. The fourth-order valence-corrected chi connectivity index (χ4v) is 3.06.